The van der Waals surface area contributed by atoms with Gasteiger partial charge in [0.25, 0.3) is 11.9 Å². The van der Waals surface area contributed by atoms with Gasteiger partial charge in [-0.3, -0.25) is 20.5 Å². The highest BCUT2D eigenvalue weighted by Crippen LogP contribution is 2.25. The van der Waals surface area contributed by atoms with Crippen LogP contribution >= 0.6 is 0 Å². The Morgan fingerprint density at radius 3 is 2.38 bits per heavy atom. The number of anilines is 1. The topological polar surface area (TPSA) is 102 Å². The highest BCUT2D eigenvalue weighted by molar-refractivity contribution is 6.19. The Hall–Kier alpha value is -4.33. The Morgan fingerprint density at radius 2 is 1.66 bits per heavy atom. The first-order valence-corrected chi connectivity index (χ1v) is 9.81. The van der Waals surface area contributed by atoms with E-state index in [1.165, 1.54) is 36.2 Å². The molecule has 0 fully saturated rings. The van der Waals surface area contributed by atoms with Crippen LogP contribution in [0.1, 0.15) is 16.7 Å². The minimum absolute atomic E-state index is 0.302. The standard InChI is InChI=1S/C24H20FN5O2/c1-30(24(27)32-21(26)16-11-13-17(25)14-12-16)22-23(31)28-19-10-6-5-9-18(19)20(29-22)15-7-3-2-4-8-15/h2-14,22,26-27H,1H3,(H,28,31). The first kappa shape index (κ1) is 20.9. The van der Waals surface area contributed by atoms with Gasteiger partial charge in [0.2, 0.25) is 12.1 Å². The highest BCUT2D eigenvalue weighted by atomic mass is 19.1. The van der Waals surface area contributed by atoms with E-state index in [2.05, 4.69) is 10.3 Å². The van der Waals surface area contributed by atoms with Crippen LogP contribution in [0.3, 0.4) is 0 Å². The number of amides is 1. The molecule has 1 aliphatic rings. The lowest BCUT2D eigenvalue weighted by molar-refractivity contribution is -0.119. The third-order valence-electron chi connectivity index (χ3n) is 4.97. The Bertz CT molecular complexity index is 1210. The number of fused-ring (bicyclic) bond motifs is 1. The number of halogens is 1. The molecule has 1 atom stereocenters. The lowest BCUT2D eigenvalue weighted by atomic mass is 10.0. The van der Waals surface area contributed by atoms with E-state index in [-0.39, 0.29) is 5.90 Å². The van der Waals surface area contributed by atoms with Crippen LogP contribution in [-0.2, 0) is 9.53 Å². The molecule has 4 rings (SSSR count). The molecular weight excluding hydrogens is 409 g/mol. The molecule has 0 aromatic heterocycles. The molecule has 1 unspecified atom stereocenters. The normalized spacial score (nSPS) is 15.0. The van der Waals surface area contributed by atoms with Crippen LogP contribution < -0.4 is 5.32 Å². The number of amidine groups is 1. The summed E-state index contributed by atoms with van der Waals surface area (Å²) in [6, 6.07) is 21.5. The van der Waals surface area contributed by atoms with Crippen molar-refractivity contribution in [2.24, 2.45) is 4.99 Å². The van der Waals surface area contributed by atoms with E-state index in [1.54, 1.807) is 6.07 Å². The quantitative estimate of drug-likeness (QED) is 0.435. The molecule has 0 spiro atoms. The molecule has 0 aliphatic carbocycles. The molecule has 0 bridgehead atoms. The molecule has 0 radical (unpaired) electrons. The van der Waals surface area contributed by atoms with Crippen LogP contribution in [-0.4, -0.2) is 41.7 Å². The van der Waals surface area contributed by atoms with Gasteiger partial charge in [-0.1, -0.05) is 48.5 Å². The molecule has 1 amide bonds. The van der Waals surface area contributed by atoms with Crippen molar-refractivity contribution in [3.8, 4) is 0 Å². The van der Waals surface area contributed by atoms with Crippen molar-refractivity contribution in [3.05, 3.63) is 101 Å². The molecule has 1 aliphatic heterocycles. The number of para-hydroxylation sites is 1. The number of carbonyl (C=O) groups excluding carboxylic acids is 1. The van der Waals surface area contributed by atoms with Gasteiger partial charge in [-0.15, -0.1) is 0 Å². The van der Waals surface area contributed by atoms with Crippen LogP contribution in [0.4, 0.5) is 10.1 Å². The Morgan fingerprint density at radius 1 is 1.00 bits per heavy atom. The van der Waals surface area contributed by atoms with Crippen LogP contribution in [0.5, 0.6) is 0 Å². The number of benzene rings is 3. The van der Waals surface area contributed by atoms with Crippen LogP contribution in [0.2, 0.25) is 0 Å². The smallest absolute Gasteiger partial charge is 0.293 e. The second kappa shape index (κ2) is 8.81. The van der Waals surface area contributed by atoms with Crippen molar-refractivity contribution >= 4 is 29.2 Å². The molecule has 3 aromatic rings. The Kier molecular flexibility index (Phi) is 5.76. The maximum atomic E-state index is 13.1. The summed E-state index contributed by atoms with van der Waals surface area (Å²) in [5, 5.41) is 19.2. The number of nitrogens with one attached hydrogen (secondary N) is 3. The van der Waals surface area contributed by atoms with Crippen molar-refractivity contribution in [2.45, 2.75) is 6.17 Å². The second-order valence-corrected chi connectivity index (χ2v) is 7.11. The molecule has 3 aromatic carbocycles. The number of hydrogen-bond donors (Lipinski definition) is 3. The summed E-state index contributed by atoms with van der Waals surface area (Å²) in [4.78, 5) is 18.9. The third kappa shape index (κ3) is 4.24. The predicted octanol–water partition coefficient (Wildman–Crippen LogP) is 3.85. The zero-order valence-corrected chi connectivity index (χ0v) is 17.2. The minimum Gasteiger partial charge on any atom is -0.407 e. The second-order valence-electron chi connectivity index (χ2n) is 7.11. The van der Waals surface area contributed by atoms with Gasteiger partial charge >= 0.3 is 0 Å². The molecular formula is C24H20FN5O2. The maximum Gasteiger partial charge on any atom is 0.293 e. The Labute approximate surface area is 184 Å². The summed E-state index contributed by atoms with van der Waals surface area (Å²) < 4.78 is 18.5. The van der Waals surface area contributed by atoms with Crippen molar-refractivity contribution in [1.82, 2.24) is 4.90 Å². The van der Waals surface area contributed by atoms with Gasteiger partial charge in [0.15, 0.2) is 0 Å². The van der Waals surface area contributed by atoms with Crippen molar-refractivity contribution in [3.63, 3.8) is 0 Å². The van der Waals surface area contributed by atoms with Crippen LogP contribution in [0.25, 0.3) is 0 Å². The number of hydrogen-bond acceptors (Lipinski definition) is 5. The largest absolute Gasteiger partial charge is 0.407 e. The van der Waals surface area contributed by atoms with Gasteiger partial charge in [0.05, 0.1) is 11.4 Å². The summed E-state index contributed by atoms with van der Waals surface area (Å²) >= 11 is 0. The van der Waals surface area contributed by atoms with Crippen molar-refractivity contribution in [2.75, 3.05) is 12.4 Å². The van der Waals surface area contributed by atoms with E-state index in [0.29, 0.717) is 17.0 Å². The molecule has 32 heavy (non-hydrogen) atoms. The van der Waals surface area contributed by atoms with E-state index >= 15 is 0 Å². The highest BCUT2D eigenvalue weighted by Gasteiger charge is 2.31. The van der Waals surface area contributed by atoms with Gasteiger partial charge in [-0.25, -0.2) is 9.38 Å². The number of likely N-dealkylation sites (N-methyl/N-ethyl adjacent to an activating group) is 1. The molecule has 7 nitrogen and oxygen atoms in total. The summed E-state index contributed by atoms with van der Waals surface area (Å²) in [7, 11) is 1.49. The number of carbonyl (C=O) groups is 1. The fourth-order valence-corrected chi connectivity index (χ4v) is 3.27. The van der Waals surface area contributed by atoms with Gasteiger partial charge in [-0.05, 0) is 30.3 Å². The van der Waals surface area contributed by atoms with E-state index in [4.69, 9.17) is 15.6 Å². The zero-order valence-electron chi connectivity index (χ0n) is 17.2. The molecule has 0 saturated heterocycles. The minimum atomic E-state index is -1.11. The fraction of sp³-hybridized carbons (Fsp3) is 0.0833. The SMILES string of the molecule is CN(C(=N)OC(=N)c1ccc(F)cc1)C1N=C(c2ccccc2)c2ccccc2NC1=O. The average molecular weight is 429 g/mol. The number of benzodiazepines with no additional fused rings is 1. The van der Waals surface area contributed by atoms with E-state index in [1.807, 2.05) is 48.5 Å². The number of aliphatic imine (C=N–C) groups is 1. The van der Waals surface area contributed by atoms with Crippen molar-refractivity contribution < 1.29 is 13.9 Å². The summed E-state index contributed by atoms with van der Waals surface area (Å²) in [5.74, 6) is -1.22. The summed E-state index contributed by atoms with van der Waals surface area (Å²) in [6.45, 7) is 0. The van der Waals surface area contributed by atoms with Gasteiger partial charge in [0, 0.05) is 23.7 Å². The van der Waals surface area contributed by atoms with Crippen LogP contribution in [0, 0.1) is 16.6 Å². The lowest BCUT2D eigenvalue weighted by Gasteiger charge is -2.25. The lowest BCUT2D eigenvalue weighted by Crippen LogP contribution is -2.45. The van der Waals surface area contributed by atoms with E-state index < -0.39 is 23.9 Å². The first-order chi connectivity index (χ1) is 15.4. The number of rotatable bonds is 3. The monoisotopic (exact) mass is 429 g/mol. The zero-order chi connectivity index (χ0) is 22.7. The van der Waals surface area contributed by atoms with Gasteiger partial charge in [0.1, 0.15) is 5.82 Å². The van der Waals surface area contributed by atoms with Crippen molar-refractivity contribution in [1.29, 1.82) is 10.8 Å². The number of nitrogens with zero attached hydrogens (tertiary/aromatic N) is 2. The maximum absolute atomic E-state index is 13.1. The van der Waals surface area contributed by atoms with Gasteiger partial charge < -0.3 is 10.1 Å². The molecule has 0 saturated carbocycles. The predicted molar refractivity (Wildman–Crippen MR) is 121 cm³/mol. The van der Waals surface area contributed by atoms with Gasteiger partial charge in [-0.2, -0.15) is 0 Å². The molecule has 160 valence electrons. The van der Waals surface area contributed by atoms with E-state index in [9.17, 15) is 9.18 Å². The summed E-state index contributed by atoms with van der Waals surface area (Å²) in [6.07, 6.45) is -1.11. The fourth-order valence-electron chi connectivity index (χ4n) is 3.27. The third-order valence-corrected chi connectivity index (χ3v) is 4.97. The average Bonchev–Trinajstić information content (AvgIpc) is 2.95. The molecule has 8 heteroatoms. The van der Waals surface area contributed by atoms with Crippen LogP contribution in [0.15, 0.2) is 83.9 Å². The first-order valence-electron chi connectivity index (χ1n) is 9.81. The Balaban J connectivity index is 1.64. The van der Waals surface area contributed by atoms with E-state index in [0.717, 1.165) is 11.1 Å². The number of ether oxygens (including phenoxy) is 1. The summed E-state index contributed by atoms with van der Waals surface area (Å²) in [5.41, 5.74) is 3.09. The molecule has 3 N–H and O–H groups in total. The molecule has 1 heterocycles.